The van der Waals surface area contributed by atoms with Gasteiger partial charge in [-0.25, -0.2) is 0 Å². The molecule has 0 bridgehead atoms. The van der Waals surface area contributed by atoms with Gasteiger partial charge in [0.15, 0.2) is 11.5 Å². The van der Waals surface area contributed by atoms with Crippen molar-refractivity contribution in [3.8, 4) is 11.5 Å². The second kappa shape index (κ2) is 7.50. The molecule has 1 heterocycles. The van der Waals surface area contributed by atoms with E-state index in [1.54, 1.807) is 0 Å². The van der Waals surface area contributed by atoms with Crippen LogP contribution in [-0.2, 0) is 4.74 Å². The van der Waals surface area contributed by atoms with E-state index in [4.69, 9.17) is 14.2 Å². The number of fused-ring (bicyclic) bond motifs is 1. The summed E-state index contributed by atoms with van der Waals surface area (Å²) in [5.41, 5.74) is 1.22. The van der Waals surface area contributed by atoms with E-state index in [1.807, 2.05) is 6.07 Å². The zero-order valence-corrected chi connectivity index (χ0v) is 12.6. The van der Waals surface area contributed by atoms with Crippen molar-refractivity contribution in [2.45, 2.75) is 39.3 Å². The summed E-state index contributed by atoms with van der Waals surface area (Å²) in [7, 11) is 0. The number of hydrogen-bond donors (Lipinski definition) is 1. The van der Waals surface area contributed by atoms with Crippen LogP contribution in [0.3, 0.4) is 0 Å². The van der Waals surface area contributed by atoms with E-state index < -0.39 is 0 Å². The van der Waals surface area contributed by atoms with Gasteiger partial charge in [0.25, 0.3) is 0 Å². The third-order valence-electron chi connectivity index (χ3n) is 3.29. The minimum atomic E-state index is 0.296. The van der Waals surface area contributed by atoms with Gasteiger partial charge in [0.1, 0.15) is 13.2 Å². The molecule has 1 aliphatic rings. The number of nitrogens with one attached hydrogen (secondary N) is 1. The summed E-state index contributed by atoms with van der Waals surface area (Å²) in [5.74, 6) is 1.70. The van der Waals surface area contributed by atoms with E-state index >= 15 is 0 Å². The first kappa shape index (κ1) is 15.1. The summed E-state index contributed by atoms with van der Waals surface area (Å²) in [4.78, 5) is 0. The van der Waals surface area contributed by atoms with Crippen molar-refractivity contribution < 1.29 is 14.2 Å². The first-order valence-corrected chi connectivity index (χ1v) is 7.41. The van der Waals surface area contributed by atoms with Gasteiger partial charge in [-0.05, 0) is 51.4 Å². The third-order valence-corrected chi connectivity index (χ3v) is 3.29. The van der Waals surface area contributed by atoms with Gasteiger partial charge >= 0.3 is 0 Å². The van der Waals surface area contributed by atoms with Crippen LogP contribution in [0.15, 0.2) is 18.2 Å². The first-order valence-electron chi connectivity index (χ1n) is 7.41. The van der Waals surface area contributed by atoms with Crippen molar-refractivity contribution in [2.24, 2.45) is 0 Å². The Morgan fingerprint density at radius 3 is 2.65 bits per heavy atom. The first-order chi connectivity index (χ1) is 9.66. The van der Waals surface area contributed by atoms with E-state index in [0.29, 0.717) is 25.4 Å². The largest absolute Gasteiger partial charge is 0.486 e. The van der Waals surface area contributed by atoms with Crippen LogP contribution in [-0.4, -0.2) is 32.5 Å². The lowest BCUT2D eigenvalue weighted by Crippen LogP contribution is -2.22. The Labute approximate surface area is 121 Å². The summed E-state index contributed by atoms with van der Waals surface area (Å²) in [6.45, 7) is 9.30. The molecule has 0 fully saturated rings. The Morgan fingerprint density at radius 1 is 1.15 bits per heavy atom. The van der Waals surface area contributed by atoms with Crippen LogP contribution in [0.4, 0.5) is 0 Å². The molecule has 1 aliphatic heterocycles. The molecule has 4 nitrogen and oxygen atoms in total. The Kier molecular flexibility index (Phi) is 5.68. The molecule has 20 heavy (non-hydrogen) atoms. The lowest BCUT2D eigenvalue weighted by Gasteiger charge is -2.21. The van der Waals surface area contributed by atoms with Crippen molar-refractivity contribution in [3.63, 3.8) is 0 Å². The molecule has 2 rings (SSSR count). The fraction of sp³-hybridized carbons (Fsp3) is 0.625. The zero-order valence-electron chi connectivity index (χ0n) is 12.6. The molecule has 0 saturated heterocycles. The molecule has 1 unspecified atom stereocenters. The van der Waals surface area contributed by atoms with Gasteiger partial charge in [0.2, 0.25) is 0 Å². The average Bonchev–Trinajstić information content (AvgIpc) is 2.46. The molecule has 1 aromatic carbocycles. The average molecular weight is 279 g/mol. The molecule has 1 N–H and O–H groups in total. The Morgan fingerprint density at radius 2 is 1.90 bits per heavy atom. The molecule has 4 heteroatoms. The molecule has 0 spiro atoms. The third kappa shape index (κ3) is 4.39. The second-order valence-electron chi connectivity index (χ2n) is 5.35. The number of benzene rings is 1. The summed E-state index contributed by atoms with van der Waals surface area (Å²) < 4.78 is 16.7. The highest BCUT2D eigenvalue weighted by atomic mass is 16.6. The highest BCUT2D eigenvalue weighted by molar-refractivity contribution is 5.44. The van der Waals surface area contributed by atoms with Crippen LogP contribution in [0.2, 0.25) is 0 Å². The van der Waals surface area contributed by atoms with E-state index in [0.717, 1.165) is 31.1 Å². The molecule has 112 valence electrons. The number of hydrogen-bond acceptors (Lipinski definition) is 4. The van der Waals surface area contributed by atoms with E-state index in [9.17, 15) is 0 Å². The van der Waals surface area contributed by atoms with Gasteiger partial charge in [-0.1, -0.05) is 6.07 Å². The summed E-state index contributed by atoms with van der Waals surface area (Å²) in [6.07, 6.45) is 1.33. The molecule has 0 aliphatic carbocycles. The predicted octanol–water partition coefficient (Wildman–Crippen LogP) is 2.92. The molecule has 1 atom stereocenters. The minimum Gasteiger partial charge on any atom is -0.486 e. The molecule has 0 amide bonds. The normalized spacial score (nSPS) is 15.4. The Balaban J connectivity index is 1.79. The second-order valence-corrected chi connectivity index (χ2v) is 5.35. The highest BCUT2D eigenvalue weighted by Crippen LogP contribution is 2.32. The van der Waals surface area contributed by atoms with Crippen molar-refractivity contribution in [1.29, 1.82) is 0 Å². The van der Waals surface area contributed by atoms with Crippen LogP contribution in [0.5, 0.6) is 11.5 Å². The van der Waals surface area contributed by atoms with E-state index in [1.165, 1.54) is 5.56 Å². The van der Waals surface area contributed by atoms with Crippen LogP contribution in [0.25, 0.3) is 0 Å². The lowest BCUT2D eigenvalue weighted by molar-refractivity contribution is 0.0768. The van der Waals surface area contributed by atoms with Crippen LogP contribution in [0, 0.1) is 0 Å². The Hall–Kier alpha value is -1.26. The van der Waals surface area contributed by atoms with Crippen molar-refractivity contribution in [1.82, 2.24) is 5.32 Å². The van der Waals surface area contributed by atoms with E-state index in [2.05, 4.69) is 38.2 Å². The molecule has 0 radical (unpaired) electrons. The van der Waals surface area contributed by atoms with Gasteiger partial charge in [-0.15, -0.1) is 0 Å². The summed E-state index contributed by atoms with van der Waals surface area (Å²) in [5, 5.41) is 3.50. The van der Waals surface area contributed by atoms with Gasteiger partial charge in [-0.2, -0.15) is 0 Å². The predicted molar refractivity (Wildman–Crippen MR) is 79.6 cm³/mol. The van der Waals surface area contributed by atoms with Crippen molar-refractivity contribution in [2.75, 3.05) is 26.4 Å². The fourth-order valence-corrected chi connectivity index (χ4v) is 2.16. The smallest absolute Gasteiger partial charge is 0.161 e. The monoisotopic (exact) mass is 279 g/mol. The van der Waals surface area contributed by atoms with Crippen molar-refractivity contribution >= 4 is 0 Å². The van der Waals surface area contributed by atoms with Gasteiger partial charge in [0, 0.05) is 12.6 Å². The highest BCUT2D eigenvalue weighted by Gasteiger charge is 2.14. The number of ether oxygens (including phenoxy) is 3. The lowest BCUT2D eigenvalue weighted by atomic mass is 10.1. The Bertz CT molecular complexity index is 420. The molecule has 1 aromatic rings. The number of rotatable bonds is 7. The fourth-order valence-electron chi connectivity index (χ4n) is 2.16. The molecule has 0 saturated carbocycles. The maximum absolute atomic E-state index is 5.61. The molecule has 0 aromatic heterocycles. The minimum absolute atomic E-state index is 0.296. The quantitative estimate of drug-likeness (QED) is 0.779. The van der Waals surface area contributed by atoms with Crippen molar-refractivity contribution in [3.05, 3.63) is 23.8 Å². The maximum Gasteiger partial charge on any atom is 0.161 e. The van der Waals surface area contributed by atoms with Gasteiger partial charge < -0.3 is 19.5 Å². The molecular weight excluding hydrogens is 254 g/mol. The summed E-state index contributed by atoms with van der Waals surface area (Å²) in [6, 6.07) is 6.45. The van der Waals surface area contributed by atoms with E-state index in [-0.39, 0.29) is 0 Å². The standard InChI is InChI=1S/C16H25NO3/c1-12(2)18-8-4-7-17-13(3)14-5-6-15-16(11-14)20-10-9-19-15/h5-6,11-13,17H,4,7-10H2,1-3H3. The van der Waals surface area contributed by atoms with Crippen LogP contribution in [0.1, 0.15) is 38.8 Å². The van der Waals surface area contributed by atoms with Gasteiger partial charge in [-0.3, -0.25) is 0 Å². The topological polar surface area (TPSA) is 39.7 Å². The van der Waals surface area contributed by atoms with Gasteiger partial charge in [0.05, 0.1) is 6.10 Å². The zero-order chi connectivity index (χ0) is 14.4. The molecular formula is C16H25NO3. The maximum atomic E-state index is 5.61. The van der Waals surface area contributed by atoms with Crippen LogP contribution < -0.4 is 14.8 Å². The summed E-state index contributed by atoms with van der Waals surface area (Å²) >= 11 is 0. The SMILES string of the molecule is CC(C)OCCCNC(C)c1ccc2c(c1)OCCO2. The van der Waals surface area contributed by atoms with Crippen LogP contribution >= 0.6 is 0 Å².